The van der Waals surface area contributed by atoms with Crippen LogP contribution in [-0.2, 0) is 26.2 Å². The van der Waals surface area contributed by atoms with E-state index in [4.69, 9.17) is 4.74 Å². The SMILES string of the molecule is CCCCNC(=O)[C@H](C)N(Cc1cccc(C)c1)C(=O)CN(c1ccc(OCC)cc1)S(=O)(=O)c1ccc(SC)cc1. The number of carbonyl (C=O) groups is 2. The number of amides is 2. The second-order valence-electron chi connectivity index (χ2n) is 9.95. The van der Waals surface area contributed by atoms with Crippen LogP contribution in [0.2, 0.25) is 0 Å². The Morgan fingerprint density at radius 3 is 2.29 bits per heavy atom. The van der Waals surface area contributed by atoms with Gasteiger partial charge in [0.2, 0.25) is 11.8 Å². The second-order valence-corrected chi connectivity index (χ2v) is 12.7. The van der Waals surface area contributed by atoms with Crippen LogP contribution in [0.1, 0.15) is 44.7 Å². The summed E-state index contributed by atoms with van der Waals surface area (Å²) in [4.78, 5) is 29.6. The first kappa shape index (κ1) is 33.0. The van der Waals surface area contributed by atoms with Gasteiger partial charge in [-0.2, -0.15) is 0 Å². The normalized spacial score (nSPS) is 11.9. The molecule has 0 radical (unpaired) electrons. The minimum atomic E-state index is -4.14. The largest absolute Gasteiger partial charge is 0.494 e. The third-order valence-corrected chi connectivity index (χ3v) is 9.33. The zero-order valence-corrected chi connectivity index (χ0v) is 26.6. The summed E-state index contributed by atoms with van der Waals surface area (Å²) in [6.07, 6.45) is 3.66. The number of anilines is 1. The predicted molar refractivity (Wildman–Crippen MR) is 169 cm³/mol. The lowest BCUT2D eigenvalue weighted by Crippen LogP contribution is -2.51. The zero-order valence-electron chi connectivity index (χ0n) is 25.0. The molecule has 3 aromatic carbocycles. The van der Waals surface area contributed by atoms with Gasteiger partial charge in [-0.15, -0.1) is 11.8 Å². The molecule has 0 bridgehead atoms. The Balaban J connectivity index is 2.01. The van der Waals surface area contributed by atoms with Gasteiger partial charge in [0.05, 0.1) is 17.2 Å². The van der Waals surface area contributed by atoms with Crippen LogP contribution < -0.4 is 14.4 Å². The Morgan fingerprint density at radius 1 is 1.00 bits per heavy atom. The highest BCUT2D eigenvalue weighted by Gasteiger charge is 2.32. The van der Waals surface area contributed by atoms with Crippen molar-refractivity contribution in [1.82, 2.24) is 10.2 Å². The van der Waals surface area contributed by atoms with Crippen molar-refractivity contribution in [2.45, 2.75) is 62.9 Å². The molecule has 3 aromatic rings. The highest BCUT2D eigenvalue weighted by molar-refractivity contribution is 7.98. The van der Waals surface area contributed by atoms with Crippen LogP contribution in [0.25, 0.3) is 0 Å². The fraction of sp³-hybridized carbons (Fsp3) is 0.375. The Kier molecular flexibility index (Phi) is 12.3. The van der Waals surface area contributed by atoms with Gasteiger partial charge in [-0.1, -0.05) is 43.2 Å². The molecule has 3 rings (SSSR count). The highest BCUT2D eigenvalue weighted by atomic mass is 32.2. The first-order valence-corrected chi connectivity index (χ1v) is 16.8. The van der Waals surface area contributed by atoms with E-state index in [9.17, 15) is 18.0 Å². The molecule has 0 spiro atoms. The van der Waals surface area contributed by atoms with Crippen LogP contribution in [0.5, 0.6) is 5.75 Å². The van der Waals surface area contributed by atoms with Crippen LogP contribution in [0.15, 0.2) is 82.6 Å². The molecule has 0 saturated carbocycles. The summed E-state index contributed by atoms with van der Waals surface area (Å²) in [5.74, 6) is -0.187. The molecular formula is C32H41N3O5S2. The van der Waals surface area contributed by atoms with Crippen LogP contribution in [0, 0.1) is 6.92 Å². The van der Waals surface area contributed by atoms with Crippen LogP contribution in [-0.4, -0.2) is 57.1 Å². The Morgan fingerprint density at radius 2 is 1.69 bits per heavy atom. The molecule has 0 aliphatic heterocycles. The maximum Gasteiger partial charge on any atom is 0.264 e. The number of nitrogens with one attached hydrogen (secondary N) is 1. The zero-order chi connectivity index (χ0) is 30.7. The van der Waals surface area contributed by atoms with Gasteiger partial charge in [-0.25, -0.2) is 8.42 Å². The van der Waals surface area contributed by atoms with Crippen molar-refractivity contribution in [3.05, 3.63) is 83.9 Å². The second kappa shape index (κ2) is 15.7. The summed E-state index contributed by atoms with van der Waals surface area (Å²) in [7, 11) is -4.14. The Labute approximate surface area is 254 Å². The van der Waals surface area contributed by atoms with E-state index in [1.807, 2.05) is 51.3 Å². The summed E-state index contributed by atoms with van der Waals surface area (Å²) < 4.78 is 34.7. The van der Waals surface area contributed by atoms with E-state index in [1.165, 1.54) is 16.7 Å². The number of benzene rings is 3. The lowest BCUT2D eigenvalue weighted by Gasteiger charge is -2.32. The molecule has 42 heavy (non-hydrogen) atoms. The van der Waals surface area contributed by atoms with Gasteiger partial charge in [0, 0.05) is 18.0 Å². The van der Waals surface area contributed by atoms with E-state index in [0.29, 0.717) is 24.6 Å². The number of nitrogens with zero attached hydrogens (tertiary/aromatic N) is 2. The van der Waals surface area contributed by atoms with Gasteiger partial charge in [0.1, 0.15) is 18.3 Å². The summed E-state index contributed by atoms with van der Waals surface area (Å²) in [6.45, 7) is 8.17. The first-order chi connectivity index (χ1) is 20.1. The maximum atomic E-state index is 14.1. The van der Waals surface area contributed by atoms with E-state index in [-0.39, 0.29) is 17.3 Å². The number of hydrogen-bond acceptors (Lipinski definition) is 6. The van der Waals surface area contributed by atoms with Crippen molar-refractivity contribution < 1.29 is 22.7 Å². The summed E-state index contributed by atoms with van der Waals surface area (Å²) in [5.41, 5.74) is 2.18. The van der Waals surface area contributed by atoms with Crippen molar-refractivity contribution in [2.24, 2.45) is 0 Å². The van der Waals surface area contributed by atoms with Crippen molar-refractivity contribution in [3.63, 3.8) is 0 Å². The monoisotopic (exact) mass is 611 g/mol. The summed E-state index contributed by atoms with van der Waals surface area (Å²) in [5, 5.41) is 2.91. The van der Waals surface area contributed by atoms with Crippen molar-refractivity contribution >= 4 is 39.3 Å². The van der Waals surface area contributed by atoms with E-state index in [2.05, 4.69) is 5.32 Å². The molecule has 1 N–H and O–H groups in total. The fourth-order valence-corrected chi connectivity index (χ4v) is 6.23. The van der Waals surface area contributed by atoms with Crippen LogP contribution in [0.3, 0.4) is 0 Å². The topological polar surface area (TPSA) is 96.0 Å². The van der Waals surface area contributed by atoms with E-state index >= 15 is 0 Å². The van der Waals surface area contributed by atoms with Crippen LogP contribution in [0.4, 0.5) is 5.69 Å². The molecule has 0 unspecified atom stereocenters. The molecule has 1 atom stereocenters. The lowest BCUT2D eigenvalue weighted by atomic mass is 10.1. The number of aryl methyl sites for hydroxylation is 1. The van der Waals surface area contributed by atoms with Gasteiger partial charge < -0.3 is 15.0 Å². The lowest BCUT2D eigenvalue weighted by molar-refractivity contribution is -0.139. The Bertz CT molecular complexity index is 1430. The molecular weight excluding hydrogens is 571 g/mol. The number of carbonyl (C=O) groups excluding carboxylic acids is 2. The number of hydrogen-bond donors (Lipinski definition) is 1. The molecule has 2 amide bonds. The molecule has 10 heteroatoms. The van der Waals surface area contributed by atoms with Gasteiger partial charge in [-0.3, -0.25) is 13.9 Å². The van der Waals surface area contributed by atoms with E-state index < -0.39 is 28.5 Å². The molecule has 0 aromatic heterocycles. The van der Waals surface area contributed by atoms with Crippen molar-refractivity contribution in [2.75, 3.05) is 30.3 Å². The molecule has 0 heterocycles. The average molecular weight is 612 g/mol. The number of ether oxygens (including phenoxy) is 1. The third-order valence-electron chi connectivity index (χ3n) is 6.79. The van der Waals surface area contributed by atoms with Crippen molar-refractivity contribution in [3.8, 4) is 5.75 Å². The summed E-state index contributed by atoms with van der Waals surface area (Å²) >= 11 is 1.51. The Hall–Kier alpha value is -3.50. The minimum Gasteiger partial charge on any atom is -0.494 e. The number of rotatable bonds is 15. The molecule has 0 saturated heterocycles. The molecule has 0 aliphatic carbocycles. The predicted octanol–water partition coefficient (Wildman–Crippen LogP) is 5.64. The smallest absolute Gasteiger partial charge is 0.264 e. The van der Waals surface area contributed by atoms with Gasteiger partial charge in [0.15, 0.2) is 0 Å². The van der Waals surface area contributed by atoms with Crippen molar-refractivity contribution in [1.29, 1.82) is 0 Å². The first-order valence-electron chi connectivity index (χ1n) is 14.1. The number of sulfonamides is 1. The minimum absolute atomic E-state index is 0.0672. The quantitative estimate of drug-likeness (QED) is 0.176. The average Bonchev–Trinajstić information content (AvgIpc) is 2.99. The number of thioether (sulfide) groups is 1. The van der Waals surface area contributed by atoms with Gasteiger partial charge in [0.25, 0.3) is 10.0 Å². The number of unbranched alkanes of at least 4 members (excludes halogenated alkanes) is 1. The molecule has 8 nitrogen and oxygen atoms in total. The van der Waals surface area contributed by atoms with Gasteiger partial charge >= 0.3 is 0 Å². The molecule has 226 valence electrons. The summed E-state index contributed by atoms with van der Waals surface area (Å²) in [6, 6.07) is 20.0. The fourth-order valence-electron chi connectivity index (χ4n) is 4.40. The molecule has 0 aliphatic rings. The van der Waals surface area contributed by atoms with Crippen LogP contribution >= 0.6 is 11.8 Å². The third kappa shape index (κ3) is 8.75. The van der Waals surface area contributed by atoms with Gasteiger partial charge in [-0.05, 0) is 87.5 Å². The maximum absolute atomic E-state index is 14.1. The van der Waals surface area contributed by atoms with E-state index in [0.717, 1.165) is 33.2 Å². The highest BCUT2D eigenvalue weighted by Crippen LogP contribution is 2.28. The standard InChI is InChI=1S/C32H41N3O5S2/c1-6-8-20-33-32(37)25(4)34(22-26-11-9-10-24(3)21-26)31(36)23-35(27-12-14-28(15-13-27)40-7-2)42(38,39)30-18-16-29(41-5)17-19-30/h9-19,21,25H,6-8,20,22-23H2,1-5H3,(H,33,37)/t25-/m0/s1. The van der Waals surface area contributed by atoms with E-state index in [1.54, 1.807) is 55.5 Å². The molecule has 0 fully saturated rings.